The van der Waals surface area contributed by atoms with Gasteiger partial charge in [-0.2, -0.15) is 25.3 Å². The van der Waals surface area contributed by atoms with Crippen LogP contribution in [0.1, 0.15) is 39.5 Å². The number of rotatable bonds is 9. The Morgan fingerprint density at radius 3 is 1.50 bits per heavy atom. The van der Waals surface area contributed by atoms with E-state index in [0.29, 0.717) is 25.7 Å². The Labute approximate surface area is 120 Å². The monoisotopic (exact) mass is 294 g/mol. The van der Waals surface area contributed by atoms with Crippen molar-refractivity contribution in [3.63, 3.8) is 0 Å². The summed E-state index contributed by atoms with van der Waals surface area (Å²) in [5.74, 6) is -0.563. The Balaban J connectivity index is 3.44. The minimum Gasteiger partial charge on any atom is -0.462 e. The van der Waals surface area contributed by atoms with Gasteiger partial charge in [0.2, 0.25) is 0 Å². The maximum Gasteiger partial charge on any atom is 0.305 e. The molecule has 0 aromatic heterocycles. The zero-order valence-corrected chi connectivity index (χ0v) is 12.7. The van der Waals surface area contributed by atoms with Gasteiger partial charge in [0.1, 0.15) is 13.2 Å². The highest BCUT2D eigenvalue weighted by atomic mass is 32.1. The Kier molecular flexibility index (Phi) is 10.3. The highest BCUT2D eigenvalue weighted by Crippen LogP contribution is 2.05. The second-order valence-corrected chi connectivity index (χ2v) is 5.98. The fraction of sp³-hybridized carbons (Fsp3) is 0.833. The highest BCUT2D eigenvalue weighted by Gasteiger charge is 2.07. The summed E-state index contributed by atoms with van der Waals surface area (Å²) in [5, 5.41) is 0.359. The summed E-state index contributed by atoms with van der Waals surface area (Å²) in [5.41, 5.74) is 0. The molecule has 0 aliphatic carbocycles. The molecule has 106 valence electrons. The van der Waals surface area contributed by atoms with E-state index in [-0.39, 0.29) is 35.7 Å². The van der Waals surface area contributed by atoms with Crippen molar-refractivity contribution in [1.29, 1.82) is 0 Å². The van der Waals surface area contributed by atoms with Crippen LogP contribution in [-0.4, -0.2) is 35.7 Å². The van der Waals surface area contributed by atoms with Crippen LogP contribution in [0.5, 0.6) is 0 Å². The van der Waals surface area contributed by atoms with Crippen LogP contribution in [0.15, 0.2) is 0 Å². The van der Waals surface area contributed by atoms with E-state index < -0.39 is 0 Å². The fourth-order valence-electron chi connectivity index (χ4n) is 1.11. The summed E-state index contributed by atoms with van der Waals surface area (Å²) < 4.78 is 9.81. The molecule has 2 unspecified atom stereocenters. The van der Waals surface area contributed by atoms with Crippen LogP contribution in [0, 0.1) is 0 Å². The van der Waals surface area contributed by atoms with Crippen molar-refractivity contribution in [3.05, 3.63) is 0 Å². The number of esters is 2. The van der Waals surface area contributed by atoms with Gasteiger partial charge in [-0.05, 0) is 23.3 Å². The van der Waals surface area contributed by atoms with E-state index in [4.69, 9.17) is 9.47 Å². The molecular weight excluding hydrogens is 272 g/mol. The van der Waals surface area contributed by atoms with Gasteiger partial charge in [0.05, 0.1) is 0 Å². The van der Waals surface area contributed by atoms with Crippen molar-refractivity contribution >= 4 is 37.2 Å². The van der Waals surface area contributed by atoms with E-state index in [1.165, 1.54) is 0 Å². The SMILES string of the molecule is CC(S)CCC(=O)OCCOC(=O)CCC(C)S. The zero-order chi connectivity index (χ0) is 14.0. The number of carbonyl (C=O) groups is 2. The average molecular weight is 294 g/mol. The summed E-state index contributed by atoms with van der Waals surface area (Å²) in [7, 11) is 0. The normalized spacial score (nSPS) is 13.8. The lowest BCUT2D eigenvalue weighted by Crippen LogP contribution is -2.14. The maximum absolute atomic E-state index is 11.2. The van der Waals surface area contributed by atoms with E-state index in [9.17, 15) is 9.59 Å². The van der Waals surface area contributed by atoms with Crippen LogP contribution in [0.2, 0.25) is 0 Å². The second kappa shape index (κ2) is 10.6. The molecule has 6 heteroatoms. The van der Waals surface area contributed by atoms with Gasteiger partial charge in [-0.1, -0.05) is 13.8 Å². The molecule has 0 radical (unpaired) electrons. The first-order valence-electron chi connectivity index (χ1n) is 6.09. The Bertz CT molecular complexity index is 228. The number of ether oxygens (including phenoxy) is 2. The minimum atomic E-state index is -0.282. The van der Waals surface area contributed by atoms with Gasteiger partial charge in [0, 0.05) is 12.8 Å². The topological polar surface area (TPSA) is 52.6 Å². The Morgan fingerprint density at radius 1 is 0.889 bits per heavy atom. The van der Waals surface area contributed by atoms with Crippen molar-refractivity contribution in [1.82, 2.24) is 0 Å². The first kappa shape index (κ1) is 17.6. The fourth-order valence-corrected chi connectivity index (χ4v) is 1.37. The van der Waals surface area contributed by atoms with Crippen LogP contribution < -0.4 is 0 Å². The van der Waals surface area contributed by atoms with E-state index in [0.717, 1.165) is 0 Å². The summed E-state index contributed by atoms with van der Waals surface area (Å²) in [6.07, 6.45) is 2.05. The van der Waals surface area contributed by atoms with Crippen molar-refractivity contribution in [2.45, 2.75) is 50.0 Å². The zero-order valence-electron chi connectivity index (χ0n) is 10.9. The molecule has 0 saturated carbocycles. The average Bonchev–Trinajstić information content (AvgIpc) is 2.29. The third-order valence-electron chi connectivity index (χ3n) is 2.14. The van der Waals surface area contributed by atoms with Crippen LogP contribution in [0.4, 0.5) is 0 Å². The quantitative estimate of drug-likeness (QED) is 0.389. The maximum atomic E-state index is 11.2. The molecule has 0 rings (SSSR count). The Morgan fingerprint density at radius 2 is 1.22 bits per heavy atom. The van der Waals surface area contributed by atoms with Gasteiger partial charge in [0.15, 0.2) is 0 Å². The van der Waals surface area contributed by atoms with E-state index in [1.54, 1.807) is 0 Å². The Hall–Kier alpha value is -0.360. The van der Waals surface area contributed by atoms with Gasteiger partial charge >= 0.3 is 11.9 Å². The van der Waals surface area contributed by atoms with Crippen molar-refractivity contribution < 1.29 is 19.1 Å². The number of hydrogen-bond acceptors (Lipinski definition) is 6. The van der Waals surface area contributed by atoms with Crippen molar-refractivity contribution in [2.75, 3.05) is 13.2 Å². The van der Waals surface area contributed by atoms with Gasteiger partial charge in [-0.15, -0.1) is 0 Å². The molecule has 0 spiro atoms. The van der Waals surface area contributed by atoms with E-state index in [2.05, 4.69) is 25.3 Å². The predicted octanol–water partition coefficient (Wildman–Crippen LogP) is 2.27. The molecule has 0 aromatic rings. The predicted molar refractivity (Wildman–Crippen MR) is 77.3 cm³/mol. The largest absolute Gasteiger partial charge is 0.462 e. The molecule has 0 saturated heterocycles. The first-order valence-corrected chi connectivity index (χ1v) is 7.12. The van der Waals surface area contributed by atoms with Crippen LogP contribution in [-0.2, 0) is 19.1 Å². The summed E-state index contributed by atoms with van der Waals surface area (Å²) in [4.78, 5) is 22.4. The minimum absolute atomic E-state index is 0.113. The summed E-state index contributed by atoms with van der Waals surface area (Å²) in [6, 6.07) is 0. The first-order chi connectivity index (χ1) is 8.41. The molecule has 0 amide bonds. The molecule has 0 bridgehead atoms. The number of hydrogen-bond donors (Lipinski definition) is 2. The standard InChI is InChI=1S/C12H22O4S2/c1-9(17)3-5-11(13)15-7-8-16-12(14)6-4-10(2)18/h9-10,17-18H,3-8H2,1-2H3. The molecule has 0 aliphatic rings. The van der Waals surface area contributed by atoms with Crippen LogP contribution >= 0.6 is 25.3 Å². The molecule has 0 aliphatic heterocycles. The summed E-state index contributed by atoms with van der Waals surface area (Å²) in [6.45, 7) is 4.06. The van der Waals surface area contributed by atoms with Crippen molar-refractivity contribution in [3.8, 4) is 0 Å². The molecule has 0 heterocycles. The second-order valence-electron chi connectivity index (χ2n) is 4.22. The smallest absolute Gasteiger partial charge is 0.305 e. The third kappa shape index (κ3) is 12.1. The lowest BCUT2D eigenvalue weighted by Gasteiger charge is -2.07. The molecule has 0 fully saturated rings. The van der Waals surface area contributed by atoms with Gasteiger partial charge in [0.25, 0.3) is 0 Å². The lowest BCUT2D eigenvalue weighted by atomic mass is 10.2. The third-order valence-corrected chi connectivity index (χ3v) is 2.66. The van der Waals surface area contributed by atoms with E-state index in [1.807, 2.05) is 13.8 Å². The molecular formula is C12H22O4S2. The van der Waals surface area contributed by atoms with Gasteiger partial charge < -0.3 is 9.47 Å². The summed E-state index contributed by atoms with van der Waals surface area (Å²) >= 11 is 8.33. The van der Waals surface area contributed by atoms with Gasteiger partial charge in [-0.25, -0.2) is 0 Å². The van der Waals surface area contributed by atoms with E-state index >= 15 is 0 Å². The molecule has 2 atom stereocenters. The van der Waals surface area contributed by atoms with Gasteiger partial charge in [-0.3, -0.25) is 9.59 Å². The molecule has 4 nitrogen and oxygen atoms in total. The number of carbonyl (C=O) groups excluding carboxylic acids is 2. The molecule has 0 N–H and O–H groups in total. The van der Waals surface area contributed by atoms with Crippen LogP contribution in [0.25, 0.3) is 0 Å². The highest BCUT2D eigenvalue weighted by molar-refractivity contribution is 7.81. The van der Waals surface area contributed by atoms with Crippen molar-refractivity contribution in [2.24, 2.45) is 0 Å². The molecule has 0 aromatic carbocycles. The number of thiol groups is 2. The molecule has 18 heavy (non-hydrogen) atoms. The lowest BCUT2D eigenvalue weighted by molar-refractivity contribution is -0.152. The van der Waals surface area contributed by atoms with Crippen LogP contribution in [0.3, 0.4) is 0 Å².